The van der Waals surface area contributed by atoms with E-state index in [-0.39, 0.29) is 21.1 Å². The van der Waals surface area contributed by atoms with Gasteiger partial charge in [-0.1, -0.05) is 108 Å². The molecule has 54 heavy (non-hydrogen) atoms. The SMILES string of the molecule is CCCCc1cc(Oc2[c-]c3c(cc2)c2cc(C(C)CCCC(C)(C)C)ccc2n3-c2cc(C)ccn2)[c-]c(-n2nc(C)c(-c3ccccc3)c2C)c1.[Pt+2]. The van der Waals surface area contributed by atoms with Crippen LogP contribution < -0.4 is 4.74 Å². The van der Waals surface area contributed by atoms with Crippen LogP contribution in [0.1, 0.15) is 101 Å². The Labute approximate surface area is 336 Å². The van der Waals surface area contributed by atoms with Crippen molar-refractivity contribution < 1.29 is 25.8 Å². The molecule has 0 saturated heterocycles. The number of benzene rings is 4. The Morgan fingerprint density at radius 2 is 1.63 bits per heavy atom. The maximum absolute atomic E-state index is 6.69. The first kappa shape index (κ1) is 39.2. The normalized spacial score (nSPS) is 12.3. The topological polar surface area (TPSA) is 44.9 Å². The number of aromatic nitrogens is 4. The van der Waals surface area contributed by atoms with Gasteiger partial charge in [0.25, 0.3) is 0 Å². The minimum absolute atomic E-state index is 0. The van der Waals surface area contributed by atoms with E-state index in [4.69, 9.17) is 14.8 Å². The summed E-state index contributed by atoms with van der Waals surface area (Å²) in [6.07, 6.45) is 8.66. The van der Waals surface area contributed by atoms with E-state index in [1.807, 2.05) is 29.1 Å². The van der Waals surface area contributed by atoms with Crippen LogP contribution in [0.25, 0.3) is 44.4 Å². The van der Waals surface area contributed by atoms with Crippen LogP contribution >= 0.6 is 0 Å². The summed E-state index contributed by atoms with van der Waals surface area (Å²) in [4.78, 5) is 4.83. The number of rotatable bonds is 12. The minimum Gasteiger partial charge on any atom is -0.509 e. The van der Waals surface area contributed by atoms with Gasteiger partial charge >= 0.3 is 21.1 Å². The zero-order valence-corrected chi connectivity index (χ0v) is 35.3. The second-order valence-corrected chi connectivity index (χ2v) is 16.0. The first-order valence-electron chi connectivity index (χ1n) is 19.3. The van der Waals surface area contributed by atoms with E-state index in [1.54, 1.807) is 0 Å². The molecule has 0 aliphatic carbocycles. The Hall–Kier alpha value is -4.47. The van der Waals surface area contributed by atoms with Crippen molar-refractivity contribution in [3.63, 3.8) is 0 Å². The molecule has 4 aromatic carbocycles. The van der Waals surface area contributed by atoms with Crippen LogP contribution in [0.3, 0.4) is 0 Å². The monoisotopic (exact) mass is 895 g/mol. The Kier molecular flexibility index (Phi) is 12.0. The summed E-state index contributed by atoms with van der Waals surface area (Å²) in [5, 5.41) is 7.35. The third-order valence-corrected chi connectivity index (χ3v) is 10.4. The van der Waals surface area contributed by atoms with Crippen molar-refractivity contribution in [2.45, 2.75) is 99.8 Å². The van der Waals surface area contributed by atoms with E-state index in [0.717, 1.165) is 75.3 Å². The molecule has 3 heterocycles. The summed E-state index contributed by atoms with van der Waals surface area (Å²) in [6, 6.07) is 37.4. The van der Waals surface area contributed by atoms with E-state index in [1.165, 1.54) is 35.8 Å². The first-order chi connectivity index (χ1) is 25.5. The summed E-state index contributed by atoms with van der Waals surface area (Å²) in [6.45, 7) is 17.9. The third-order valence-electron chi connectivity index (χ3n) is 10.4. The van der Waals surface area contributed by atoms with Crippen LogP contribution in [0.4, 0.5) is 0 Å². The fourth-order valence-corrected chi connectivity index (χ4v) is 7.59. The van der Waals surface area contributed by atoms with Gasteiger partial charge in [-0.2, -0.15) is 16.7 Å². The molecule has 0 amide bonds. The molecule has 0 bridgehead atoms. The molecule has 0 radical (unpaired) electrons. The number of nitrogens with zero attached hydrogens (tertiary/aromatic N) is 4. The molecule has 0 aliphatic rings. The van der Waals surface area contributed by atoms with Gasteiger partial charge < -0.3 is 9.30 Å². The molecule has 0 spiro atoms. The molecule has 1 atom stereocenters. The van der Waals surface area contributed by atoms with Crippen molar-refractivity contribution in [3.05, 3.63) is 131 Å². The molecule has 0 fully saturated rings. The summed E-state index contributed by atoms with van der Waals surface area (Å²) in [5.74, 6) is 2.64. The van der Waals surface area contributed by atoms with Gasteiger partial charge in [0, 0.05) is 34.5 Å². The van der Waals surface area contributed by atoms with Crippen LogP contribution in [0, 0.1) is 38.3 Å². The van der Waals surface area contributed by atoms with Crippen molar-refractivity contribution in [1.82, 2.24) is 19.3 Å². The quantitative estimate of drug-likeness (QED) is 0.115. The molecule has 0 saturated carbocycles. The second-order valence-electron chi connectivity index (χ2n) is 16.0. The van der Waals surface area contributed by atoms with Crippen molar-refractivity contribution in [3.8, 4) is 34.1 Å². The van der Waals surface area contributed by atoms with Crippen LogP contribution in [0.2, 0.25) is 0 Å². The predicted molar refractivity (Wildman–Crippen MR) is 220 cm³/mol. The van der Waals surface area contributed by atoms with Crippen LogP contribution in [-0.2, 0) is 27.5 Å². The summed E-state index contributed by atoms with van der Waals surface area (Å²) in [5.41, 5.74) is 11.4. The maximum Gasteiger partial charge on any atom is 2.00 e. The molecule has 6 heteroatoms. The number of aryl methyl sites for hydroxylation is 3. The van der Waals surface area contributed by atoms with Crippen LogP contribution in [-0.4, -0.2) is 19.3 Å². The standard InChI is InChI=1S/C48H52N4O.Pt/c1-9-10-16-36-27-39(52-35(5)47(34(4)50-52)37-17-12-11-13-18-37)30-41(28-36)53-40-20-21-42-43-29-38(33(3)15-14-24-48(6,7)8)19-22-44(43)51(45(42)31-40)46-26-32(2)23-25-49-46;/h11-13,17-23,25-29,33H,9-10,14-16,24H2,1-8H3;/q-2;+2. The predicted octanol–water partition coefficient (Wildman–Crippen LogP) is 13.0. The minimum atomic E-state index is 0. The molecule has 7 rings (SSSR count). The van der Waals surface area contributed by atoms with E-state index < -0.39 is 0 Å². The van der Waals surface area contributed by atoms with Gasteiger partial charge in [-0.25, -0.2) is 4.98 Å². The summed E-state index contributed by atoms with van der Waals surface area (Å²) < 4.78 is 10.9. The number of hydrogen-bond acceptors (Lipinski definition) is 3. The van der Waals surface area contributed by atoms with E-state index in [2.05, 4.69) is 139 Å². The zero-order chi connectivity index (χ0) is 37.3. The van der Waals surface area contributed by atoms with Crippen molar-refractivity contribution >= 4 is 21.8 Å². The number of hydrogen-bond donors (Lipinski definition) is 0. The van der Waals surface area contributed by atoms with Crippen LogP contribution in [0.15, 0.2) is 91.1 Å². The van der Waals surface area contributed by atoms with E-state index in [9.17, 15) is 0 Å². The van der Waals surface area contributed by atoms with E-state index in [0.29, 0.717) is 22.8 Å². The molecule has 1 unspecified atom stereocenters. The maximum atomic E-state index is 6.69. The number of ether oxygens (including phenoxy) is 1. The molecular weight excluding hydrogens is 844 g/mol. The average Bonchev–Trinajstić information content (AvgIpc) is 3.62. The zero-order valence-electron chi connectivity index (χ0n) is 33.0. The Bertz CT molecular complexity index is 2380. The molecular formula is C48H52N4OPt. The summed E-state index contributed by atoms with van der Waals surface area (Å²) in [7, 11) is 0. The fourth-order valence-electron chi connectivity index (χ4n) is 7.59. The van der Waals surface area contributed by atoms with Gasteiger partial charge in [-0.05, 0) is 90.9 Å². The number of fused-ring (bicyclic) bond motifs is 3. The average molecular weight is 896 g/mol. The Morgan fingerprint density at radius 1 is 0.833 bits per heavy atom. The second kappa shape index (κ2) is 16.5. The van der Waals surface area contributed by atoms with Gasteiger partial charge in [-0.3, -0.25) is 4.68 Å². The van der Waals surface area contributed by atoms with Gasteiger partial charge in [0.15, 0.2) is 0 Å². The third kappa shape index (κ3) is 8.42. The molecule has 0 aliphatic heterocycles. The Morgan fingerprint density at radius 3 is 2.37 bits per heavy atom. The Balaban J connectivity index is 0.00000497. The van der Waals surface area contributed by atoms with Gasteiger partial charge in [0.1, 0.15) is 5.82 Å². The largest absolute Gasteiger partial charge is 2.00 e. The van der Waals surface area contributed by atoms with Crippen LogP contribution in [0.5, 0.6) is 11.5 Å². The smallest absolute Gasteiger partial charge is 0.509 e. The number of pyridine rings is 1. The molecule has 5 nitrogen and oxygen atoms in total. The van der Waals surface area contributed by atoms with Gasteiger partial charge in [0.2, 0.25) is 0 Å². The first-order valence-corrected chi connectivity index (χ1v) is 19.3. The van der Waals surface area contributed by atoms with Crippen molar-refractivity contribution in [2.24, 2.45) is 5.41 Å². The molecule has 0 N–H and O–H groups in total. The van der Waals surface area contributed by atoms with Crippen molar-refractivity contribution in [1.29, 1.82) is 0 Å². The van der Waals surface area contributed by atoms with Gasteiger partial charge in [0.05, 0.1) is 5.69 Å². The number of unbranched alkanes of at least 4 members (excludes halogenated alkanes) is 1. The van der Waals surface area contributed by atoms with E-state index >= 15 is 0 Å². The van der Waals surface area contributed by atoms with Gasteiger partial charge in [-0.15, -0.1) is 35.7 Å². The molecule has 7 aromatic rings. The molecule has 3 aromatic heterocycles. The fraction of sp³-hybridized carbons (Fsp3) is 0.333. The van der Waals surface area contributed by atoms with Crippen molar-refractivity contribution in [2.75, 3.05) is 0 Å². The summed E-state index contributed by atoms with van der Waals surface area (Å²) >= 11 is 0. The molecule has 280 valence electrons.